The number of aliphatic hydroxyl groups excluding tert-OH is 1. The van der Waals surface area contributed by atoms with Crippen LogP contribution in [0.1, 0.15) is 32.3 Å². The van der Waals surface area contributed by atoms with Crippen molar-refractivity contribution in [3.05, 3.63) is 35.4 Å². The van der Waals surface area contributed by atoms with Gasteiger partial charge in [-0.05, 0) is 32.4 Å². The zero-order chi connectivity index (χ0) is 15.6. The molecule has 1 N–H and O–H groups in total. The van der Waals surface area contributed by atoms with Gasteiger partial charge in [-0.15, -0.1) is 0 Å². The van der Waals surface area contributed by atoms with E-state index in [1.807, 2.05) is 0 Å². The van der Waals surface area contributed by atoms with Crippen molar-refractivity contribution in [1.29, 1.82) is 0 Å². The second kappa shape index (κ2) is 6.38. The van der Waals surface area contributed by atoms with Crippen LogP contribution < -0.4 is 0 Å². The lowest BCUT2D eigenvalue weighted by Crippen LogP contribution is -2.39. The standard InChI is InChI=1S/C16H23F2NO2/c1-16(2,3)19-7-11(9-21-10-20)14(8-19)13-5-4-12(17)6-15(13)18/h4-6,11,14,20H,7-10H2,1-3H3. The number of rotatable bonds is 4. The number of aliphatic hydroxyl groups is 1. The van der Waals surface area contributed by atoms with Crippen molar-refractivity contribution in [2.24, 2.45) is 5.92 Å². The van der Waals surface area contributed by atoms with Crippen molar-refractivity contribution in [3.8, 4) is 0 Å². The molecule has 1 heterocycles. The van der Waals surface area contributed by atoms with Gasteiger partial charge in [-0.25, -0.2) is 8.78 Å². The Morgan fingerprint density at radius 3 is 2.57 bits per heavy atom. The molecule has 1 aliphatic rings. The molecule has 3 nitrogen and oxygen atoms in total. The summed E-state index contributed by atoms with van der Waals surface area (Å²) in [6, 6.07) is 3.74. The Morgan fingerprint density at radius 1 is 1.29 bits per heavy atom. The molecule has 0 aliphatic carbocycles. The molecule has 5 heteroatoms. The SMILES string of the molecule is CC(C)(C)N1CC(COCO)C(c2ccc(F)cc2F)C1. The van der Waals surface area contributed by atoms with Crippen molar-refractivity contribution >= 4 is 0 Å². The summed E-state index contributed by atoms with van der Waals surface area (Å²) in [4.78, 5) is 2.27. The van der Waals surface area contributed by atoms with Crippen LogP contribution in [0.3, 0.4) is 0 Å². The highest BCUT2D eigenvalue weighted by Crippen LogP contribution is 2.37. The fourth-order valence-electron chi connectivity index (χ4n) is 2.95. The van der Waals surface area contributed by atoms with Gasteiger partial charge < -0.3 is 9.84 Å². The van der Waals surface area contributed by atoms with Crippen LogP contribution in [0.4, 0.5) is 8.78 Å². The maximum atomic E-state index is 14.1. The topological polar surface area (TPSA) is 32.7 Å². The number of likely N-dealkylation sites (tertiary alicyclic amines) is 1. The zero-order valence-corrected chi connectivity index (χ0v) is 12.8. The van der Waals surface area contributed by atoms with Crippen molar-refractivity contribution in [2.45, 2.75) is 32.2 Å². The molecule has 1 aromatic carbocycles. The molecule has 0 bridgehead atoms. The number of ether oxygens (including phenoxy) is 1. The molecule has 21 heavy (non-hydrogen) atoms. The van der Waals surface area contributed by atoms with E-state index >= 15 is 0 Å². The third kappa shape index (κ3) is 3.78. The lowest BCUT2D eigenvalue weighted by molar-refractivity contribution is -0.0189. The Bertz CT molecular complexity index is 488. The summed E-state index contributed by atoms with van der Waals surface area (Å²) < 4.78 is 32.3. The Morgan fingerprint density at radius 2 is 2.00 bits per heavy atom. The molecule has 1 aromatic rings. The van der Waals surface area contributed by atoms with Gasteiger partial charge >= 0.3 is 0 Å². The molecule has 1 fully saturated rings. The predicted molar refractivity (Wildman–Crippen MR) is 77.0 cm³/mol. The second-order valence-corrected chi connectivity index (χ2v) is 6.61. The quantitative estimate of drug-likeness (QED) is 0.868. The maximum absolute atomic E-state index is 14.1. The minimum Gasteiger partial charge on any atom is -0.371 e. The summed E-state index contributed by atoms with van der Waals surface area (Å²) in [5, 5.41) is 8.84. The number of halogens is 2. The summed E-state index contributed by atoms with van der Waals surface area (Å²) in [5.41, 5.74) is 0.498. The van der Waals surface area contributed by atoms with Gasteiger partial charge in [0.1, 0.15) is 18.4 Å². The molecule has 118 valence electrons. The van der Waals surface area contributed by atoms with Crippen molar-refractivity contribution in [1.82, 2.24) is 4.90 Å². The fraction of sp³-hybridized carbons (Fsp3) is 0.625. The normalized spacial score (nSPS) is 23.7. The monoisotopic (exact) mass is 299 g/mol. The largest absolute Gasteiger partial charge is 0.371 e. The van der Waals surface area contributed by atoms with E-state index in [1.165, 1.54) is 12.1 Å². The molecule has 0 radical (unpaired) electrons. The molecule has 0 amide bonds. The van der Waals surface area contributed by atoms with Crippen molar-refractivity contribution in [2.75, 3.05) is 26.5 Å². The van der Waals surface area contributed by atoms with Crippen LogP contribution >= 0.6 is 0 Å². The van der Waals surface area contributed by atoms with Gasteiger partial charge in [0, 0.05) is 36.5 Å². The van der Waals surface area contributed by atoms with Gasteiger partial charge in [-0.3, -0.25) is 4.90 Å². The molecular weight excluding hydrogens is 276 g/mol. The first kappa shape index (κ1) is 16.3. The number of benzene rings is 1. The third-order valence-electron chi connectivity index (χ3n) is 4.17. The van der Waals surface area contributed by atoms with E-state index in [0.717, 1.165) is 12.6 Å². The molecule has 2 unspecified atom stereocenters. The maximum Gasteiger partial charge on any atom is 0.143 e. The Balaban J connectivity index is 2.25. The second-order valence-electron chi connectivity index (χ2n) is 6.61. The van der Waals surface area contributed by atoms with Crippen molar-refractivity contribution < 1.29 is 18.6 Å². The fourth-order valence-corrected chi connectivity index (χ4v) is 2.95. The summed E-state index contributed by atoms with van der Waals surface area (Å²) in [7, 11) is 0. The summed E-state index contributed by atoms with van der Waals surface area (Å²) in [6.45, 7) is 7.83. The molecule has 1 saturated heterocycles. The van der Waals surface area contributed by atoms with Crippen LogP contribution in [0, 0.1) is 17.6 Å². The van der Waals surface area contributed by atoms with Gasteiger partial charge in [-0.1, -0.05) is 6.07 Å². The average Bonchev–Trinajstić information content (AvgIpc) is 2.80. The van der Waals surface area contributed by atoms with Gasteiger partial charge in [0.2, 0.25) is 0 Å². The molecule has 2 rings (SSSR count). The number of hydrogen-bond acceptors (Lipinski definition) is 3. The molecular formula is C16H23F2NO2. The molecule has 0 aromatic heterocycles. The summed E-state index contributed by atoms with van der Waals surface area (Å²) in [5.74, 6) is -1.05. The van der Waals surface area contributed by atoms with Crippen LogP contribution in [0.25, 0.3) is 0 Å². The van der Waals surface area contributed by atoms with Crippen LogP contribution in [0.5, 0.6) is 0 Å². The van der Waals surface area contributed by atoms with E-state index in [2.05, 4.69) is 25.7 Å². The first-order valence-corrected chi connectivity index (χ1v) is 7.21. The van der Waals surface area contributed by atoms with Crippen molar-refractivity contribution in [3.63, 3.8) is 0 Å². The van der Waals surface area contributed by atoms with Crippen LogP contribution in [0.2, 0.25) is 0 Å². The first-order valence-electron chi connectivity index (χ1n) is 7.21. The van der Waals surface area contributed by atoms with E-state index in [9.17, 15) is 8.78 Å². The van der Waals surface area contributed by atoms with Crippen LogP contribution in [0.15, 0.2) is 18.2 Å². The van der Waals surface area contributed by atoms with E-state index in [4.69, 9.17) is 9.84 Å². The molecule has 2 atom stereocenters. The minimum absolute atomic E-state index is 0.0251. The van der Waals surface area contributed by atoms with Crippen LogP contribution in [-0.4, -0.2) is 42.0 Å². The lowest BCUT2D eigenvalue weighted by Gasteiger charge is -2.32. The summed E-state index contributed by atoms with van der Waals surface area (Å²) >= 11 is 0. The molecule has 0 saturated carbocycles. The zero-order valence-electron chi connectivity index (χ0n) is 12.8. The van der Waals surface area contributed by atoms with E-state index in [-0.39, 0.29) is 24.2 Å². The van der Waals surface area contributed by atoms with Gasteiger partial charge in [-0.2, -0.15) is 0 Å². The first-order chi connectivity index (χ1) is 9.82. The Kier molecular flexibility index (Phi) is 4.96. The van der Waals surface area contributed by atoms with E-state index < -0.39 is 11.6 Å². The Hall–Kier alpha value is -1.04. The van der Waals surface area contributed by atoms with E-state index in [0.29, 0.717) is 18.7 Å². The highest BCUT2D eigenvalue weighted by molar-refractivity contribution is 5.25. The Labute approximate surface area is 124 Å². The van der Waals surface area contributed by atoms with Gasteiger partial charge in [0.25, 0.3) is 0 Å². The predicted octanol–water partition coefficient (Wildman–Crippen LogP) is 2.75. The number of hydrogen-bond donors (Lipinski definition) is 1. The highest BCUT2D eigenvalue weighted by atomic mass is 19.1. The van der Waals surface area contributed by atoms with Crippen LogP contribution in [-0.2, 0) is 4.74 Å². The molecule has 0 spiro atoms. The summed E-state index contributed by atoms with van der Waals surface area (Å²) in [6.07, 6.45) is 0. The highest BCUT2D eigenvalue weighted by Gasteiger charge is 2.39. The van der Waals surface area contributed by atoms with Gasteiger partial charge in [0.15, 0.2) is 0 Å². The van der Waals surface area contributed by atoms with E-state index in [1.54, 1.807) is 0 Å². The smallest absolute Gasteiger partial charge is 0.143 e. The minimum atomic E-state index is -0.565. The van der Waals surface area contributed by atoms with Gasteiger partial charge in [0.05, 0.1) is 6.61 Å². The lowest BCUT2D eigenvalue weighted by atomic mass is 9.89. The third-order valence-corrected chi connectivity index (χ3v) is 4.17. The molecule has 1 aliphatic heterocycles. The number of nitrogens with zero attached hydrogens (tertiary/aromatic N) is 1. The average molecular weight is 299 g/mol.